The van der Waals surface area contributed by atoms with E-state index in [0.29, 0.717) is 35.5 Å². The molecule has 0 saturated carbocycles. The number of non-ortho nitro benzene ring substituents is 1. The lowest BCUT2D eigenvalue weighted by Gasteiger charge is -2.16. The Hall–Kier alpha value is -4.18. The molecule has 38 heavy (non-hydrogen) atoms. The first-order chi connectivity index (χ1) is 18.3. The van der Waals surface area contributed by atoms with Crippen molar-refractivity contribution in [2.45, 2.75) is 43.3 Å². The van der Waals surface area contributed by atoms with Gasteiger partial charge in [-0.1, -0.05) is 26.3 Å². The second-order valence-electron chi connectivity index (χ2n) is 8.36. The van der Waals surface area contributed by atoms with Gasteiger partial charge in [-0.25, -0.2) is 4.79 Å². The molecule has 1 unspecified atom stereocenters. The summed E-state index contributed by atoms with van der Waals surface area (Å²) in [6.07, 6.45) is 2.32. The van der Waals surface area contributed by atoms with Gasteiger partial charge in [-0.3, -0.25) is 19.7 Å². The van der Waals surface area contributed by atoms with Gasteiger partial charge in [0.05, 0.1) is 22.3 Å². The number of benzene rings is 3. The molecule has 0 aromatic heterocycles. The minimum absolute atomic E-state index is 0.0929. The molecule has 0 radical (unpaired) electrons. The van der Waals surface area contributed by atoms with Crippen LogP contribution in [0.2, 0.25) is 0 Å². The molecule has 3 rings (SSSR count). The summed E-state index contributed by atoms with van der Waals surface area (Å²) < 4.78 is 5.20. The third-order valence-corrected chi connectivity index (χ3v) is 6.85. The smallest absolute Gasteiger partial charge is 0.338 e. The molecule has 3 aromatic rings. The van der Waals surface area contributed by atoms with Gasteiger partial charge in [0.25, 0.3) is 11.6 Å². The molecule has 2 N–H and O–H groups in total. The lowest BCUT2D eigenvalue weighted by atomic mass is 10.2. The van der Waals surface area contributed by atoms with Gasteiger partial charge in [0, 0.05) is 34.0 Å². The number of esters is 1. The van der Waals surface area contributed by atoms with Crippen LogP contribution in [-0.2, 0) is 9.53 Å². The molecule has 1 atom stereocenters. The van der Waals surface area contributed by atoms with Gasteiger partial charge in [0.1, 0.15) is 0 Å². The Bertz CT molecular complexity index is 1280. The fraction of sp³-hybridized carbons (Fsp3) is 0.250. The first kappa shape index (κ1) is 28.4. The molecule has 3 aromatic carbocycles. The Balaban J connectivity index is 1.59. The largest absolute Gasteiger partial charge is 0.462 e. The highest BCUT2D eigenvalue weighted by Crippen LogP contribution is 2.29. The molecule has 0 saturated heterocycles. The number of carbonyl (C=O) groups is 3. The topological polar surface area (TPSA) is 128 Å². The summed E-state index contributed by atoms with van der Waals surface area (Å²) in [4.78, 5) is 48.6. The summed E-state index contributed by atoms with van der Waals surface area (Å²) in [6, 6.07) is 19.0. The zero-order chi connectivity index (χ0) is 27.5. The van der Waals surface area contributed by atoms with E-state index in [2.05, 4.69) is 10.6 Å². The number of nitrogens with one attached hydrogen (secondary N) is 2. The highest BCUT2D eigenvalue weighted by atomic mass is 32.2. The van der Waals surface area contributed by atoms with E-state index >= 15 is 0 Å². The predicted octanol–water partition coefficient (Wildman–Crippen LogP) is 6.31. The Morgan fingerprint density at radius 1 is 0.921 bits per heavy atom. The molecule has 0 aliphatic rings. The van der Waals surface area contributed by atoms with E-state index in [4.69, 9.17) is 4.74 Å². The second-order valence-corrected chi connectivity index (χ2v) is 9.63. The summed E-state index contributed by atoms with van der Waals surface area (Å²) in [5.41, 5.74) is 1.73. The van der Waals surface area contributed by atoms with E-state index in [9.17, 15) is 24.5 Å². The molecule has 9 nitrogen and oxygen atoms in total. The van der Waals surface area contributed by atoms with Crippen molar-refractivity contribution in [3.63, 3.8) is 0 Å². The summed E-state index contributed by atoms with van der Waals surface area (Å²) in [6.45, 7) is 4.31. The SMILES string of the molecule is CCCCOC(=O)c1ccc(NC(=O)C(CC)Sc2cccc(NC(=O)c3ccc([N+](=O)[O-])cc3)c2)cc1. The van der Waals surface area contributed by atoms with Gasteiger partial charge in [0.15, 0.2) is 0 Å². The minimum atomic E-state index is -0.525. The van der Waals surface area contributed by atoms with Crippen LogP contribution < -0.4 is 10.6 Å². The van der Waals surface area contributed by atoms with Crippen molar-refractivity contribution in [2.75, 3.05) is 17.2 Å². The molecule has 0 aliphatic heterocycles. The Labute approximate surface area is 225 Å². The van der Waals surface area contributed by atoms with E-state index in [1.807, 2.05) is 19.9 Å². The third kappa shape index (κ3) is 8.17. The van der Waals surface area contributed by atoms with Crippen molar-refractivity contribution in [3.05, 3.63) is 94.0 Å². The number of rotatable bonds is 12. The van der Waals surface area contributed by atoms with Crippen LogP contribution in [0.15, 0.2) is 77.7 Å². The molecule has 2 amide bonds. The van der Waals surface area contributed by atoms with Crippen LogP contribution >= 0.6 is 11.8 Å². The molecule has 0 spiro atoms. The fourth-order valence-corrected chi connectivity index (χ4v) is 4.39. The maximum absolute atomic E-state index is 12.9. The van der Waals surface area contributed by atoms with Crippen LogP contribution in [0, 0.1) is 10.1 Å². The standard InChI is InChI=1S/C28H29N3O6S/c1-3-5-17-37-28(34)20-9-13-21(14-10-20)29-27(33)25(4-2)38-24-8-6-7-22(18-24)30-26(32)19-11-15-23(16-12-19)31(35)36/h6-16,18,25H,3-5,17H2,1-2H3,(H,29,33)(H,30,32). The number of nitrogens with zero attached hydrogens (tertiary/aromatic N) is 1. The summed E-state index contributed by atoms with van der Waals surface area (Å²) in [5.74, 6) is -0.973. The number of unbranched alkanes of at least 4 members (excludes halogenated alkanes) is 1. The van der Waals surface area contributed by atoms with E-state index < -0.39 is 16.1 Å². The van der Waals surface area contributed by atoms with Crippen LogP contribution in [0.1, 0.15) is 53.8 Å². The molecule has 0 aliphatic carbocycles. The van der Waals surface area contributed by atoms with Gasteiger partial charge < -0.3 is 15.4 Å². The number of nitro benzene ring substituents is 1. The first-order valence-electron chi connectivity index (χ1n) is 12.2. The maximum Gasteiger partial charge on any atom is 0.338 e. The van der Waals surface area contributed by atoms with Crippen molar-refractivity contribution in [2.24, 2.45) is 0 Å². The van der Waals surface area contributed by atoms with Crippen molar-refractivity contribution in [1.82, 2.24) is 0 Å². The predicted molar refractivity (Wildman–Crippen MR) is 148 cm³/mol. The number of thioether (sulfide) groups is 1. The Kier molecular flexibility index (Phi) is 10.4. The van der Waals surface area contributed by atoms with Crippen LogP contribution in [0.4, 0.5) is 17.1 Å². The van der Waals surface area contributed by atoms with E-state index in [1.165, 1.54) is 36.0 Å². The van der Waals surface area contributed by atoms with Crippen molar-refractivity contribution >= 4 is 46.6 Å². The van der Waals surface area contributed by atoms with E-state index in [0.717, 1.165) is 17.7 Å². The van der Waals surface area contributed by atoms with Gasteiger partial charge in [0.2, 0.25) is 5.91 Å². The highest BCUT2D eigenvalue weighted by Gasteiger charge is 2.19. The number of amides is 2. The van der Waals surface area contributed by atoms with Crippen molar-refractivity contribution < 1.29 is 24.0 Å². The number of nitro groups is 1. The van der Waals surface area contributed by atoms with E-state index in [-0.39, 0.29) is 17.6 Å². The normalized spacial score (nSPS) is 11.3. The van der Waals surface area contributed by atoms with Gasteiger partial charge in [-0.05, 0) is 67.4 Å². The lowest BCUT2D eigenvalue weighted by molar-refractivity contribution is -0.384. The number of hydrogen-bond acceptors (Lipinski definition) is 7. The monoisotopic (exact) mass is 535 g/mol. The quantitative estimate of drug-likeness (QED) is 0.0914. The number of ether oxygens (including phenoxy) is 1. The van der Waals surface area contributed by atoms with Gasteiger partial charge in [-0.2, -0.15) is 0 Å². The molecule has 0 heterocycles. The summed E-state index contributed by atoms with van der Waals surface area (Å²) >= 11 is 1.37. The van der Waals surface area contributed by atoms with Crippen LogP contribution in [0.5, 0.6) is 0 Å². The molecular formula is C28H29N3O6S. The minimum Gasteiger partial charge on any atom is -0.462 e. The van der Waals surface area contributed by atoms with E-state index in [1.54, 1.807) is 42.5 Å². The van der Waals surface area contributed by atoms with Crippen molar-refractivity contribution in [3.8, 4) is 0 Å². The fourth-order valence-electron chi connectivity index (χ4n) is 3.38. The average molecular weight is 536 g/mol. The highest BCUT2D eigenvalue weighted by molar-refractivity contribution is 8.00. The zero-order valence-electron chi connectivity index (χ0n) is 21.1. The second kappa shape index (κ2) is 13.9. The van der Waals surface area contributed by atoms with Gasteiger partial charge in [-0.15, -0.1) is 11.8 Å². The number of hydrogen-bond donors (Lipinski definition) is 2. The Morgan fingerprint density at radius 3 is 2.24 bits per heavy atom. The number of carbonyl (C=O) groups excluding carboxylic acids is 3. The lowest BCUT2D eigenvalue weighted by Crippen LogP contribution is -2.24. The number of anilines is 2. The molecule has 0 fully saturated rings. The summed E-state index contributed by atoms with van der Waals surface area (Å²) in [5, 5.41) is 16.1. The third-order valence-electron chi connectivity index (χ3n) is 5.49. The van der Waals surface area contributed by atoms with Crippen LogP contribution in [-0.4, -0.2) is 34.6 Å². The molecule has 10 heteroatoms. The van der Waals surface area contributed by atoms with Crippen LogP contribution in [0.3, 0.4) is 0 Å². The molecule has 0 bridgehead atoms. The van der Waals surface area contributed by atoms with Crippen molar-refractivity contribution in [1.29, 1.82) is 0 Å². The molecule has 198 valence electrons. The average Bonchev–Trinajstić information content (AvgIpc) is 2.92. The Morgan fingerprint density at radius 2 is 1.61 bits per heavy atom. The zero-order valence-corrected chi connectivity index (χ0v) is 22.0. The van der Waals surface area contributed by atoms with Crippen LogP contribution in [0.25, 0.3) is 0 Å². The summed E-state index contributed by atoms with van der Waals surface area (Å²) in [7, 11) is 0. The maximum atomic E-state index is 12.9. The van der Waals surface area contributed by atoms with Gasteiger partial charge >= 0.3 is 5.97 Å². The first-order valence-corrected chi connectivity index (χ1v) is 13.1. The molecular weight excluding hydrogens is 506 g/mol.